The third kappa shape index (κ3) is 5.58. The van der Waals surface area contributed by atoms with E-state index in [2.05, 4.69) is 6.92 Å². The van der Waals surface area contributed by atoms with Crippen LogP contribution in [-0.4, -0.2) is 45.4 Å². The Labute approximate surface area is 97.2 Å². The van der Waals surface area contributed by atoms with E-state index in [4.69, 9.17) is 14.2 Å². The van der Waals surface area contributed by atoms with Crippen LogP contribution in [0.1, 0.15) is 26.2 Å². The van der Waals surface area contributed by atoms with Gasteiger partial charge in [0.1, 0.15) is 6.61 Å². The van der Waals surface area contributed by atoms with Gasteiger partial charge in [-0.2, -0.15) is 0 Å². The summed E-state index contributed by atoms with van der Waals surface area (Å²) in [5.41, 5.74) is 0. The summed E-state index contributed by atoms with van der Waals surface area (Å²) >= 11 is 0. The lowest BCUT2D eigenvalue weighted by Crippen LogP contribution is -2.21. The van der Waals surface area contributed by atoms with E-state index in [1.807, 2.05) is 0 Å². The van der Waals surface area contributed by atoms with E-state index in [0.29, 0.717) is 26.4 Å². The smallest absolute Gasteiger partial charge is 0.163 e. The first kappa shape index (κ1) is 13.6. The van der Waals surface area contributed by atoms with Crippen molar-refractivity contribution in [1.82, 2.24) is 0 Å². The van der Waals surface area contributed by atoms with Gasteiger partial charge in [-0.1, -0.05) is 13.3 Å². The number of unbranched alkanes of at least 4 members (excludes halogenated alkanes) is 1. The van der Waals surface area contributed by atoms with Gasteiger partial charge >= 0.3 is 0 Å². The van der Waals surface area contributed by atoms with Crippen LogP contribution in [-0.2, 0) is 19.0 Å². The van der Waals surface area contributed by atoms with Crippen molar-refractivity contribution in [2.75, 3.05) is 39.6 Å². The minimum atomic E-state index is 0.0565. The molecular formula is C12H22O4. The highest BCUT2D eigenvalue weighted by Crippen LogP contribution is 2.13. The highest BCUT2D eigenvalue weighted by Gasteiger charge is 2.22. The first-order chi connectivity index (χ1) is 7.84. The van der Waals surface area contributed by atoms with Crippen molar-refractivity contribution >= 4 is 5.78 Å². The maximum absolute atomic E-state index is 11.5. The molecule has 0 N–H and O–H groups in total. The molecule has 4 nitrogen and oxygen atoms in total. The van der Waals surface area contributed by atoms with Crippen LogP contribution in [0.25, 0.3) is 0 Å². The van der Waals surface area contributed by atoms with Crippen LogP contribution in [0.4, 0.5) is 0 Å². The molecule has 0 bridgehead atoms. The zero-order valence-corrected chi connectivity index (χ0v) is 10.1. The zero-order chi connectivity index (χ0) is 11.6. The molecule has 1 aliphatic rings. The molecule has 1 rings (SSSR count). The van der Waals surface area contributed by atoms with Crippen molar-refractivity contribution in [2.45, 2.75) is 26.2 Å². The van der Waals surface area contributed by atoms with Crippen molar-refractivity contribution in [2.24, 2.45) is 5.92 Å². The molecule has 16 heavy (non-hydrogen) atoms. The highest BCUT2D eigenvalue weighted by molar-refractivity contribution is 5.82. The second-order valence-corrected chi connectivity index (χ2v) is 4.05. The van der Waals surface area contributed by atoms with Crippen LogP contribution in [0.15, 0.2) is 0 Å². The zero-order valence-electron chi connectivity index (χ0n) is 10.1. The Bertz CT molecular complexity index is 187. The van der Waals surface area contributed by atoms with Gasteiger partial charge in [0.2, 0.25) is 0 Å². The molecule has 1 fully saturated rings. The Morgan fingerprint density at radius 2 is 2.12 bits per heavy atom. The number of carbonyl (C=O) groups is 1. The van der Waals surface area contributed by atoms with Gasteiger partial charge in [0.15, 0.2) is 5.78 Å². The first-order valence-electron chi connectivity index (χ1n) is 6.10. The topological polar surface area (TPSA) is 44.8 Å². The van der Waals surface area contributed by atoms with E-state index >= 15 is 0 Å². The number of rotatable bonds is 9. The summed E-state index contributed by atoms with van der Waals surface area (Å²) < 4.78 is 15.7. The molecule has 0 saturated carbocycles. The van der Waals surface area contributed by atoms with Gasteiger partial charge in [0.25, 0.3) is 0 Å². The van der Waals surface area contributed by atoms with Crippen LogP contribution >= 0.6 is 0 Å². The van der Waals surface area contributed by atoms with Crippen molar-refractivity contribution in [3.63, 3.8) is 0 Å². The SMILES string of the molecule is CCCCOCCOCC(=O)C1CCOC1. The standard InChI is InChI=1S/C12H22O4/c1-2-3-5-14-7-8-16-10-12(13)11-4-6-15-9-11/h11H,2-10H2,1H3. The molecule has 1 saturated heterocycles. The molecule has 0 aliphatic carbocycles. The van der Waals surface area contributed by atoms with Crippen molar-refractivity contribution in [3.8, 4) is 0 Å². The first-order valence-corrected chi connectivity index (χ1v) is 6.10. The summed E-state index contributed by atoms with van der Waals surface area (Å²) in [5, 5.41) is 0. The Kier molecular flexibility index (Phi) is 7.38. The Hall–Kier alpha value is -0.450. The lowest BCUT2D eigenvalue weighted by molar-refractivity contribution is -0.128. The van der Waals surface area contributed by atoms with Crippen LogP contribution in [0.5, 0.6) is 0 Å². The molecule has 0 amide bonds. The molecule has 0 spiro atoms. The largest absolute Gasteiger partial charge is 0.381 e. The van der Waals surface area contributed by atoms with Crippen molar-refractivity contribution < 1.29 is 19.0 Å². The van der Waals surface area contributed by atoms with Crippen molar-refractivity contribution in [1.29, 1.82) is 0 Å². The van der Waals surface area contributed by atoms with Crippen LogP contribution in [0.2, 0.25) is 0 Å². The van der Waals surface area contributed by atoms with Crippen LogP contribution in [0.3, 0.4) is 0 Å². The quantitative estimate of drug-likeness (QED) is 0.562. The average Bonchev–Trinajstić information content (AvgIpc) is 2.81. The summed E-state index contributed by atoms with van der Waals surface area (Å²) in [6.07, 6.45) is 3.06. The molecule has 1 heterocycles. The summed E-state index contributed by atoms with van der Waals surface area (Å²) in [4.78, 5) is 11.5. The molecule has 0 aromatic carbocycles. The summed E-state index contributed by atoms with van der Waals surface area (Å²) in [5.74, 6) is 0.215. The number of hydrogen-bond donors (Lipinski definition) is 0. The molecular weight excluding hydrogens is 208 g/mol. The van der Waals surface area contributed by atoms with E-state index in [-0.39, 0.29) is 18.3 Å². The fourth-order valence-corrected chi connectivity index (χ4v) is 1.55. The van der Waals surface area contributed by atoms with Crippen LogP contribution < -0.4 is 0 Å². The Morgan fingerprint density at radius 3 is 2.81 bits per heavy atom. The lowest BCUT2D eigenvalue weighted by Gasteiger charge is -2.07. The number of ether oxygens (including phenoxy) is 3. The second-order valence-electron chi connectivity index (χ2n) is 4.05. The summed E-state index contributed by atoms with van der Waals surface area (Å²) in [6.45, 7) is 5.46. The Morgan fingerprint density at radius 1 is 1.31 bits per heavy atom. The minimum absolute atomic E-state index is 0.0565. The number of Topliss-reactive ketones (excluding diaryl/α,β-unsaturated/α-hetero) is 1. The van der Waals surface area contributed by atoms with Crippen molar-refractivity contribution in [3.05, 3.63) is 0 Å². The van der Waals surface area contributed by atoms with E-state index < -0.39 is 0 Å². The molecule has 1 unspecified atom stereocenters. The molecule has 0 aromatic heterocycles. The number of ketones is 1. The van der Waals surface area contributed by atoms with E-state index in [1.165, 1.54) is 0 Å². The van der Waals surface area contributed by atoms with E-state index in [0.717, 1.165) is 25.9 Å². The highest BCUT2D eigenvalue weighted by atomic mass is 16.5. The average molecular weight is 230 g/mol. The number of hydrogen-bond acceptors (Lipinski definition) is 4. The molecule has 0 radical (unpaired) electrons. The van der Waals surface area contributed by atoms with Gasteiger partial charge in [-0.15, -0.1) is 0 Å². The third-order valence-corrected chi connectivity index (χ3v) is 2.64. The second kappa shape index (κ2) is 8.67. The molecule has 4 heteroatoms. The molecule has 1 atom stereocenters. The maximum Gasteiger partial charge on any atom is 0.163 e. The molecule has 94 valence electrons. The van der Waals surface area contributed by atoms with E-state index in [9.17, 15) is 4.79 Å². The lowest BCUT2D eigenvalue weighted by atomic mass is 10.0. The fraction of sp³-hybridized carbons (Fsp3) is 0.917. The predicted octanol–water partition coefficient (Wildman–Crippen LogP) is 1.43. The normalized spacial score (nSPS) is 20.2. The van der Waals surface area contributed by atoms with Gasteiger partial charge in [-0.05, 0) is 12.8 Å². The van der Waals surface area contributed by atoms with E-state index in [1.54, 1.807) is 0 Å². The summed E-state index contributed by atoms with van der Waals surface area (Å²) in [7, 11) is 0. The summed E-state index contributed by atoms with van der Waals surface area (Å²) in [6, 6.07) is 0. The number of carbonyl (C=O) groups excluding carboxylic acids is 1. The monoisotopic (exact) mass is 230 g/mol. The van der Waals surface area contributed by atoms with Gasteiger partial charge in [-0.25, -0.2) is 0 Å². The third-order valence-electron chi connectivity index (χ3n) is 2.64. The molecule has 0 aromatic rings. The maximum atomic E-state index is 11.5. The van der Waals surface area contributed by atoms with Crippen LogP contribution in [0, 0.1) is 5.92 Å². The molecule has 1 aliphatic heterocycles. The van der Waals surface area contributed by atoms with Gasteiger partial charge in [0.05, 0.1) is 19.8 Å². The predicted molar refractivity (Wildman–Crippen MR) is 60.5 cm³/mol. The van der Waals surface area contributed by atoms with Gasteiger partial charge in [0, 0.05) is 19.1 Å². The fourth-order valence-electron chi connectivity index (χ4n) is 1.55. The van der Waals surface area contributed by atoms with Gasteiger partial charge in [-0.3, -0.25) is 4.79 Å². The minimum Gasteiger partial charge on any atom is -0.381 e. The van der Waals surface area contributed by atoms with Gasteiger partial charge < -0.3 is 14.2 Å². The Balaban J connectivity index is 1.88.